The molecule has 1 aliphatic heterocycles. The van der Waals surface area contributed by atoms with Crippen LogP contribution in [0.15, 0.2) is 73.2 Å². The first-order valence-electron chi connectivity index (χ1n) is 13.4. The van der Waals surface area contributed by atoms with Gasteiger partial charge in [0.25, 0.3) is 0 Å². The van der Waals surface area contributed by atoms with Gasteiger partial charge in [-0.1, -0.05) is 12.1 Å². The van der Waals surface area contributed by atoms with Crippen LogP contribution in [-0.4, -0.2) is 61.4 Å². The highest BCUT2D eigenvalue weighted by Gasteiger charge is 2.16. The molecule has 0 saturated carbocycles. The van der Waals surface area contributed by atoms with Crippen LogP contribution in [0.4, 0.5) is 4.39 Å². The van der Waals surface area contributed by atoms with Gasteiger partial charge in [0.2, 0.25) is 0 Å². The molecule has 200 valence electrons. The van der Waals surface area contributed by atoms with Crippen molar-refractivity contribution in [3.63, 3.8) is 0 Å². The highest BCUT2D eigenvalue weighted by Crippen LogP contribution is 2.36. The predicted octanol–water partition coefficient (Wildman–Crippen LogP) is 6.15. The van der Waals surface area contributed by atoms with Crippen molar-refractivity contribution in [2.45, 2.75) is 12.8 Å². The molecule has 0 spiro atoms. The first-order chi connectivity index (χ1) is 19.6. The molecule has 0 bridgehead atoms. The molecule has 8 nitrogen and oxygen atoms in total. The number of rotatable bonds is 7. The number of aromatic nitrogens is 5. The molecule has 1 fully saturated rings. The Morgan fingerprint density at radius 1 is 0.925 bits per heavy atom. The number of H-pyrrole nitrogens is 2. The first kappa shape index (κ1) is 24.3. The Bertz CT molecular complexity index is 1840. The van der Waals surface area contributed by atoms with Crippen LogP contribution in [0.3, 0.4) is 0 Å². The third-order valence-electron chi connectivity index (χ3n) is 7.44. The van der Waals surface area contributed by atoms with E-state index >= 15 is 0 Å². The number of nitrogens with one attached hydrogen (secondary N) is 2. The lowest BCUT2D eigenvalue weighted by atomic mass is 10.0. The van der Waals surface area contributed by atoms with E-state index in [1.807, 2.05) is 36.4 Å². The molecule has 0 radical (unpaired) electrons. The summed E-state index contributed by atoms with van der Waals surface area (Å²) in [5, 5.41) is 19.3. The summed E-state index contributed by atoms with van der Waals surface area (Å²) >= 11 is 0. The van der Waals surface area contributed by atoms with Crippen LogP contribution in [0.1, 0.15) is 12.8 Å². The zero-order valence-corrected chi connectivity index (χ0v) is 21.7. The number of hydrogen-bond donors (Lipinski definition) is 3. The summed E-state index contributed by atoms with van der Waals surface area (Å²) in [6.45, 7) is 3.58. The van der Waals surface area contributed by atoms with Crippen molar-refractivity contribution in [1.82, 2.24) is 30.0 Å². The quantitative estimate of drug-likeness (QED) is 0.227. The fourth-order valence-electron chi connectivity index (χ4n) is 5.48. The van der Waals surface area contributed by atoms with Gasteiger partial charge in [0.15, 0.2) is 0 Å². The van der Waals surface area contributed by atoms with Gasteiger partial charge in [0, 0.05) is 40.7 Å². The average molecular weight is 535 g/mol. The van der Waals surface area contributed by atoms with Gasteiger partial charge in [-0.15, -0.1) is 0 Å². The van der Waals surface area contributed by atoms with Crippen LogP contribution in [0.25, 0.3) is 55.6 Å². The number of benzene rings is 2. The Kier molecular flexibility index (Phi) is 6.13. The molecule has 4 aromatic heterocycles. The highest BCUT2D eigenvalue weighted by molar-refractivity contribution is 6.01. The number of fused-ring (bicyclic) bond motifs is 2. The second-order valence-corrected chi connectivity index (χ2v) is 10.1. The van der Waals surface area contributed by atoms with Gasteiger partial charge in [0.1, 0.15) is 29.6 Å². The van der Waals surface area contributed by atoms with Crippen molar-refractivity contribution in [3.05, 3.63) is 79.0 Å². The summed E-state index contributed by atoms with van der Waals surface area (Å²) in [7, 11) is 0. The zero-order valence-electron chi connectivity index (χ0n) is 21.7. The number of ether oxygens (including phenoxy) is 1. The van der Waals surface area contributed by atoms with E-state index in [2.05, 4.69) is 30.0 Å². The summed E-state index contributed by atoms with van der Waals surface area (Å²) in [5.41, 5.74) is 6.28. The Balaban J connectivity index is 1.23. The van der Waals surface area contributed by atoms with E-state index in [0.717, 1.165) is 64.0 Å². The number of likely N-dealkylation sites (tertiary alicyclic amines) is 1. The molecule has 1 aliphatic rings. The normalized spacial score (nSPS) is 13.9. The van der Waals surface area contributed by atoms with Gasteiger partial charge in [0.05, 0.1) is 29.3 Å². The van der Waals surface area contributed by atoms with Crippen molar-refractivity contribution in [1.29, 1.82) is 0 Å². The van der Waals surface area contributed by atoms with Crippen LogP contribution >= 0.6 is 0 Å². The molecule has 7 rings (SSSR count). The average Bonchev–Trinajstić information content (AvgIpc) is 3.72. The van der Waals surface area contributed by atoms with E-state index in [4.69, 9.17) is 4.74 Å². The molecule has 1 saturated heterocycles. The second-order valence-electron chi connectivity index (χ2n) is 10.1. The fourth-order valence-corrected chi connectivity index (χ4v) is 5.48. The largest absolute Gasteiger partial charge is 0.506 e. The minimum atomic E-state index is -0.332. The monoisotopic (exact) mass is 534 g/mol. The number of aromatic hydroxyl groups is 1. The molecule has 0 unspecified atom stereocenters. The Hall–Kier alpha value is -4.76. The van der Waals surface area contributed by atoms with Gasteiger partial charge >= 0.3 is 0 Å². The second kappa shape index (κ2) is 10.1. The van der Waals surface area contributed by atoms with Crippen molar-refractivity contribution >= 4 is 21.8 Å². The maximum atomic E-state index is 14.7. The van der Waals surface area contributed by atoms with Gasteiger partial charge in [-0.25, -0.2) is 4.39 Å². The molecule has 40 heavy (non-hydrogen) atoms. The Morgan fingerprint density at radius 2 is 1.82 bits per heavy atom. The van der Waals surface area contributed by atoms with Crippen LogP contribution in [0.5, 0.6) is 11.5 Å². The lowest BCUT2D eigenvalue weighted by Gasteiger charge is -2.15. The number of pyridine rings is 2. The maximum absolute atomic E-state index is 14.7. The number of aromatic amines is 2. The third kappa shape index (κ3) is 4.65. The molecule has 2 aromatic carbocycles. The summed E-state index contributed by atoms with van der Waals surface area (Å²) in [6, 6.07) is 16.4. The summed E-state index contributed by atoms with van der Waals surface area (Å²) in [5.74, 6) is 0.273. The van der Waals surface area contributed by atoms with E-state index in [1.54, 1.807) is 24.5 Å². The summed E-state index contributed by atoms with van der Waals surface area (Å²) < 4.78 is 20.7. The maximum Gasteiger partial charge on any atom is 0.134 e. The van der Waals surface area contributed by atoms with E-state index < -0.39 is 0 Å². The van der Waals surface area contributed by atoms with E-state index in [-0.39, 0.29) is 11.6 Å². The van der Waals surface area contributed by atoms with Crippen molar-refractivity contribution in [3.8, 4) is 45.3 Å². The van der Waals surface area contributed by atoms with Crippen molar-refractivity contribution in [2.24, 2.45) is 0 Å². The number of nitrogens with zero attached hydrogens (tertiary/aromatic N) is 4. The lowest BCUT2D eigenvalue weighted by molar-refractivity contribution is 0.237. The SMILES string of the molecule is Oc1cncc(-c2cc3c(-c4cc5c(-c6cc(F)cc(OCCN7CCCC7)c6)cccc5[nH]4)n[nH]c3cn2)c1. The topological polar surface area (TPSA) is 103 Å². The summed E-state index contributed by atoms with van der Waals surface area (Å²) in [6.07, 6.45) is 7.22. The number of hydrogen-bond acceptors (Lipinski definition) is 6. The van der Waals surface area contributed by atoms with E-state index in [1.165, 1.54) is 25.1 Å². The van der Waals surface area contributed by atoms with Crippen LogP contribution in [0, 0.1) is 5.82 Å². The van der Waals surface area contributed by atoms with Crippen LogP contribution in [0.2, 0.25) is 0 Å². The van der Waals surface area contributed by atoms with Gasteiger partial charge < -0.3 is 14.8 Å². The van der Waals surface area contributed by atoms with Gasteiger partial charge in [-0.3, -0.25) is 20.0 Å². The van der Waals surface area contributed by atoms with Crippen molar-refractivity contribution < 1.29 is 14.2 Å². The predicted molar refractivity (Wildman–Crippen MR) is 153 cm³/mol. The Labute approximate surface area is 229 Å². The minimum Gasteiger partial charge on any atom is -0.506 e. The van der Waals surface area contributed by atoms with Crippen molar-refractivity contribution in [2.75, 3.05) is 26.2 Å². The molecule has 3 N–H and O–H groups in total. The molecular weight excluding hydrogens is 507 g/mol. The molecule has 0 aliphatic carbocycles. The minimum absolute atomic E-state index is 0.0764. The molecule has 0 amide bonds. The standard InChI is InChI=1S/C31H27FN6O2/c32-21-10-19(12-23(13-21)40-9-8-38-6-1-2-7-38)24-4-3-5-27-25(24)14-29(35-27)31-26-15-28(34-18-30(26)36-37-31)20-11-22(39)17-33-16-20/h3-5,10-18,35,39H,1-2,6-9H2,(H,36,37). The molecular formula is C31H27FN6O2. The highest BCUT2D eigenvalue weighted by atomic mass is 19.1. The number of halogens is 1. The van der Waals surface area contributed by atoms with Gasteiger partial charge in [-0.05, 0) is 73.5 Å². The molecule has 6 aromatic rings. The molecule has 0 atom stereocenters. The smallest absolute Gasteiger partial charge is 0.134 e. The van der Waals surface area contributed by atoms with E-state index in [0.29, 0.717) is 23.6 Å². The van der Waals surface area contributed by atoms with Crippen LogP contribution in [-0.2, 0) is 0 Å². The van der Waals surface area contributed by atoms with Gasteiger partial charge in [-0.2, -0.15) is 5.10 Å². The van der Waals surface area contributed by atoms with E-state index in [9.17, 15) is 9.50 Å². The lowest BCUT2D eigenvalue weighted by Crippen LogP contribution is -2.25. The summed E-state index contributed by atoms with van der Waals surface area (Å²) in [4.78, 5) is 14.4. The first-order valence-corrected chi connectivity index (χ1v) is 13.4. The fraction of sp³-hybridized carbons (Fsp3) is 0.194. The molecule has 5 heterocycles. The zero-order chi connectivity index (χ0) is 27.1. The molecule has 9 heteroatoms. The third-order valence-corrected chi connectivity index (χ3v) is 7.44. The van der Waals surface area contributed by atoms with Crippen LogP contribution < -0.4 is 4.74 Å². The Morgan fingerprint density at radius 3 is 2.70 bits per heavy atom.